The van der Waals surface area contributed by atoms with E-state index in [1.807, 2.05) is 10.9 Å². The summed E-state index contributed by atoms with van der Waals surface area (Å²) < 4.78 is 3.01. The monoisotopic (exact) mass is 320 g/mol. The molecule has 100 valence electrons. The topological polar surface area (TPSA) is 42.7 Å². The SMILES string of the molecule is Brc1ccc(C2CC(NCCn3ccnn3)C2)cc1. The predicted octanol–water partition coefficient (Wildman–Crippen LogP) is 2.58. The van der Waals surface area contributed by atoms with Gasteiger partial charge in [0.1, 0.15) is 0 Å². The van der Waals surface area contributed by atoms with Crippen LogP contribution < -0.4 is 5.32 Å². The Morgan fingerprint density at radius 2 is 2.05 bits per heavy atom. The molecule has 0 bridgehead atoms. The molecule has 1 aliphatic carbocycles. The molecule has 1 aliphatic rings. The maximum absolute atomic E-state index is 3.95. The summed E-state index contributed by atoms with van der Waals surface area (Å²) >= 11 is 3.47. The number of nitrogens with one attached hydrogen (secondary N) is 1. The second kappa shape index (κ2) is 5.84. The number of nitrogens with zero attached hydrogens (tertiary/aromatic N) is 3. The quantitative estimate of drug-likeness (QED) is 0.920. The Hall–Kier alpha value is -1.20. The van der Waals surface area contributed by atoms with Gasteiger partial charge in [-0.1, -0.05) is 33.3 Å². The van der Waals surface area contributed by atoms with E-state index in [9.17, 15) is 0 Å². The van der Waals surface area contributed by atoms with Crippen LogP contribution in [0.2, 0.25) is 0 Å². The third-order valence-electron chi connectivity index (χ3n) is 3.73. The standard InChI is InChI=1S/C14H17BrN4/c15-13-3-1-11(2-4-13)12-9-14(10-12)16-5-7-19-8-6-17-18-19/h1-4,6,8,12,14,16H,5,7,9-10H2. The van der Waals surface area contributed by atoms with Crippen LogP contribution in [0.1, 0.15) is 24.3 Å². The van der Waals surface area contributed by atoms with Crippen LogP contribution >= 0.6 is 15.9 Å². The zero-order valence-corrected chi connectivity index (χ0v) is 12.3. The maximum atomic E-state index is 3.95. The van der Waals surface area contributed by atoms with Crippen LogP contribution in [0.3, 0.4) is 0 Å². The van der Waals surface area contributed by atoms with Crippen LogP contribution in [0, 0.1) is 0 Å². The molecule has 3 rings (SSSR count). The highest BCUT2D eigenvalue weighted by atomic mass is 79.9. The summed E-state index contributed by atoms with van der Waals surface area (Å²) in [7, 11) is 0. The van der Waals surface area contributed by atoms with Gasteiger partial charge in [-0.25, -0.2) is 0 Å². The van der Waals surface area contributed by atoms with Gasteiger partial charge >= 0.3 is 0 Å². The summed E-state index contributed by atoms with van der Waals surface area (Å²) in [5.74, 6) is 0.719. The lowest BCUT2D eigenvalue weighted by molar-refractivity contribution is 0.286. The second-order valence-electron chi connectivity index (χ2n) is 5.04. The highest BCUT2D eigenvalue weighted by molar-refractivity contribution is 9.10. The number of aromatic nitrogens is 3. The van der Waals surface area contributed by atoms with Crippen LogP contribution in [0.25, 0.3) is 0 Å². The molecular weight excluding hydrogens is 304 g/mol. The summed E-state index contributed by atoms with van der Waals surface area (Å²) in [6.07, 6.45) is 6.08. The molecule has 0 saturated heterocycles. The smallest absolute Gasteiger partial charge is 0.0692 e. The minimum Gasteiger partial charge on any atom is -0.312 e. The van der Waals surface area contributed by atoms with E-state index in [-0.39, 0.29) is 0 Å². The molecule has 1 heterocycles. The molecule has 19 heavy (non-hydrogen) atoms. The fourth-order valence-electron chi connectivity index (χ4n) is 2.53. The Morgan fingerprint density at radius 3 is 2.74 bits per heavy atom. The van der Waals surface area contributed by atoms with Crippen molar-refractivity contribution in [3.63, 3.8) is 0 Å². The van der Waals surface area contributed by atoms with E-state index in [2.05, 4.69) is 55.8 Å². The Kier molecular flexibility index (Phi) is 3.94. The fourth-order valence-corrected chi connectivity index (χ4v) is 2.79. The molecule has 0 unspecified atom stereocenters. The lowest BCUT2D eigenvalue weighted by atomic mass is 9.76. The summed E-state index contributed by atoms with van der Waals surface area (Å²) in [6.45, 7) is 1.85. The third-order valence-corrected chi connectivity index (χ3v) is 4.25. The molecular formula is C14H17BrN4. The number of hydrogen-bond acceptors (Lipinski definition) is 3. The average Bonchev–Trinajstić information content (AvgIpc) is 2.87. The van der Waals surface area contributed by atoms with E-state index in [0.29, 0.717) is 6.04 Å². The maximum Gasteiger partial charge on any atom is 0.0692 e. The molecule has 1 saturated carbocycles. The van der Waals surface area contributed by atoms with E-state index >= 15 is 0 Å². The van der Waals surface area contributed by atoms with Gasteiger partial charge in [0, 0.05) is 23.3 Å². The zero-order chi connectivity index (χ0) is 13.1. The van der Waals surface area contributed by atoms with Gasteiger partial charge in [0.15, 0.2) is 0 Å². The Morgan fingerprint density at radius 1 is 1.26 bits per heavy atom. The first-order valence-electron chi connectivity index (χ1n) is 6.64. The van der Waals surface area contributed by atoms with Crippen molar-refractivity contribution in [3.8, 4) is 0 Å². The predicted molar refractivity (Wildman–Crippen MR) is 77.9 cm³/mol. The van der Waals surface area contributed by atoms with Gasteiger partial charge in [-0.05, 0) is 36.5 Å². The lowest BCUT2D eigenvalue weighted by Gasteiger charge is -2.36. The summed E-state index contributed by atoms with van der Waals surface area (Å²) in [4.78, 5) is 0. The van der Waals surface area contributed by atoms with Crippen molar-refractivity contribution in [1.29, 1.82) is 0 Å². The molecule has 0 amide bonds. The van der Waals surface area contributed by atoms with E-state index in [4.69, 9.17) is 0 Å². The van der Waals surface area contributed by atoms with Crippen LogP contribution in [0.5, 0.6) is 0 Å². The number of benzene rings is 1. The molecule has 4 nitrogen and oxygen atoms in total. The molecule has 1 aromatic carbocycles. The van der Waals surface area contributed by atoms with E-state index in [0.717, 1.165) is 23.5 Å². The van der Waals surface area contributed by atoms with Gasteiger partial charge in [-0.2, -0.15) is 0 Å². The minimum absolute atomic E-state index is 0.650. The molecule has 1 aromatic heterocycles. The Labute approximate surface area is 121 Å². The highest BCUT2D eigenvalue weighted by Gasteiger charge is 2.29. The van der Waals surface area contributed by atoms with Crippen LogP contribution in [0.15, 0.2) is 41.1 Å². The molecule has 0 radical (unpaired) electrons. The van der Waals surface area contributed by atoms with Crippen LogP contribution in [-0.2, 0) is 6.54 Å². The normalized spacial score (nSPS) is 22.2. The highest BCUT2D eigenvalue weighted by Crippen LogP contribution is 2.37. The lowest BCUT2D eigenvalue weighted by Crippen LogP contribution is -2.41. The van der Waals surface area contributed by atoms with E-state index in [1.165, 1.54) is 18.4 Å². The number of halogens is 1. The molecule has 0 spiro atoms. The van der Waals surface area contributed by atoms with E-state index < -0.39 is 0 Å². The van der Waals surface area contributed by atoms with Crippen molar-refractivity contribution < 1.29 is 0 Å². The van der Waals surface area contributed by atoms with Crippen molar-refractivity contribution in [2.24, 2.45) is 0 Å². The van der Waals surface area contributed by atoms with Gasteiger partial charge in [-0.3, -0.25) is 4.68 Å². The van der Waals surface area contributed by atoms with E-state index in [1.54, 1.807) is 6.20 Å². The molecule has 0 atom stereocenters. The molecule has 5 heteroatoms. The first-order chi connectivity index (χ1) is 9.31. The third kappa shape index (κ3) is 3.22. The summed E-state index contributed by atoms with van der Waals surface area (Å²) in [6, 6.07) is 9.35. The van der Waals surface area contributed by atoms with Crippen LogP contribution in [-0.4, -0.2) is 27.6 Å². The Balaban J connectivity index is 1.39. The average molecular weight is 321 g/mol. The second-order valence-corrected chi connectivity index (χ2v) is 5.95. The van der Waals surface area contributed by atoms with Gasteiger partial charge in [0.05, 0.1) is 12.7 Å². The zero-order valence-electron chi connectivity index (χ0n) is 10.7. The van der Waals surface area contributed by atoms with Crippen molar-refractivity contribution in [2.75, 3.05) is 6.54 Å². The number of rotatable bonds is 5. The van der Waals surface area contributed by atoms with Gasteiger partial charge < -0.3 is 5.32 Å². The first kappa shape index (κ1) is 12.8. The number of hydrogen-bond donors (Lipinski definition) is 1. The van der Waals surface area contributed by atoms with Crippen molar-refractivity contribution in [3.05, 3.63) is 46.7 Å². The van der Waals surface area contributed by atoms with Crippen molar-refractivity contribution in [2.45, 2.75) is 31.3 Å². The first-order valence-corrected chi connectivity index (χ1v) is 7.43. The fraction of sp³-hybridized carbons (Fsp3) is 0.429. The summed E-state index contributed by atoms with van der Waals surface area (Å²) in [5.41, 5.74) is 1.46. The van der Waals surface area contributed by atoms with Gasteiger partial charge in [0.25, 0.3) is 0 Å². The van der Waals surface area contributed by atoms with Crippen molar-refractivity contribution in [1.82, 2.24) is 20.3 Å². The molecule has 2 aromatic rings. The summed E-state index contributed by atoms with van der Waals surface area (Å²) in [5, 5.41) is 11.3. The largest absolute Gasteiger partial charge is 0.312 e. The molecule has 0 aliphatic heterocycles. The van der Waals surface area contributed by atoms with Gasteiger partial charge in [0.2, 0.25) is 0 Å². The van der Waals surface area contributed by atoms with Crippen molar-refractivity contribution >= 4 is 15.9 Å². The minimum atomic E-state index is 0.650. The Bertz CT molecular complexity index is 503. The van der Waals surface area contributed by atoms with Crippen LogP contribution in [0.4, 0.5) is 0 Å². The molecule has 1 fully saturated rings. The van der Waals surface area contributed by atoms with Gasteiger partial charge in [-0.15, -0.1) is 5.10 Å². The molecule has 1 N–H and O–H groups in total.